The van der Waals surface area contributed by atoms with Gasteiger partial charge < -0.3 is 25.6 Å². The van der Waals surface area contributed by atoms with Gasteiger partial charge in [0.1, 0.15) is 18.5 Å². The van der Waals surface area contributed by atoms with Gasteiger partial charge in [-0.3, -0.25) is 9.59 Å². The average Bonchev–Trinajstić information content (AvgIpc) is 3.34. The van der Waals surface area contributed by atoms with Crippen LogP contribution >= 0.6 is 11.3 Å². The lowest BCUT2D eigenvalue weighted by molar-refractivity contribution is -0.0846. The van der Waals surface area contributed by atoms with E-state index in [2.05, 4.69) is 15.4 Å². The van der Waals surface area contributed by atoms with Gasteiger partial charge in [-0.2, -0.15) is 13.9 Å². The van der Waals surface area contributed by atoms with E-state index in [0.717, 1.165) is 25.7 Å². The fraction of sp³-hybridized carbons (Fsp3) is 0.520. The van der Waals surface area contributed by atoms with Crippen molar-refractivity contribution in [3.63, 3.8) is 0 Å². The van der Waals surface area contributed by atoms with Gasteiger partial charge in [-0.25, -0.2) is 9.67 Å². The van der Waals surface area contributed by atoms with Gasteiger partial charge in [0.25, 0.3) is 11.8 Å². The molecule has 0 radical (unpaired) electrons. The van der Waals surface area contributed by atoms with Crippen molar-refractivity contribution >= 4 is 34.1 Å². The molecule has 204 valence electrons. The fourth-order valence-corrected chi connectivity index (χ4v) is 5.95. The molecule has 4 N–H and O–H groups in total. The lowest BCUT2D eigenvalue weighted by Gasteiger charge is -2.57. The number of fused-ring (bicyclic) bond motifs is 1. The second-order valence-electron chi connectivity index (χ2n) is 10.8. The summed E-state index contributed by atoms with van der Waals surface area (Å²) in [6.07, 6.45) is 2.93. The Balaban J connectivity index is 1.20. The second kappa shape index (κ2) is 9.45. The van der Waals surface area contributed by atoms with Crippen LogP contribution < -0.4 is 20.5 Å². The topological polar surface area (TPSA) is 142 Å². The quantitative estimate of drug-likeness (QED) is 0.371. The maximum atomic E-state index is 13.7. The molecule has 3 aromatic rings. The summed E-state index contributed by atoms with van der Waals surface area (Å²) in [6.45, 7) is 1.95. The van der Waals surface area contributed by atoms with E-state index in [1.54, 1.807) is 26.8 Å². The minimum atomic E-state index is -2.95. The van der Waals surface area contributed by atoms with E-state index in [9.17, 15) is 23.5 Å². The van der Waals surface area contributed by atoms with Gasteiger partial charge in [0.05, 0.1) is 16.1 Å². The van der Waals surface area contributed by atoms with Gasteiger partial charge >= 0.3 is 6.55 Å². The molecule has 2 saturated carbocycles. The number of rotatable bonds is 9. The third kappa shape index (κ3) is 5.17. The van der Waals surface area contributed by atoms with Crippen molar-refractivity contribution < 1.29 is 33.0 Å². The highest BCUT2D eigenvalue weighted by Crippen LogP contribution is 2.57. The van der Waals surface area contributed by atoms with Crippen LogP contribution in [0.2, 0.25) is 0 Å². The summed E-state index contributed by atoms with van der Waals surface area (Å²) >= 11 is 1.20. The fourth-order valence-electron chi connectivity index (χ4n) is 5.25. The SMILES string of the molecule is Cc1nc(OC2CC3(CC(NC(=O)c4nn(C(F)F)c5cc(OCC(C)(C)O)ccc45)C3)C2)c(C(N)=O)s1. The maximum Gasteiger partial charge on any atom is 0.333 e. The Bertz CT molecular complexity index is 1380. The molecule has 10 nitrogen and oxygen atoms in total. The number of alkyl halides is 2. The number of nitrogens with zero attached hydrogens (tertiary/aromatic N) is 3. The van der Waals surface area contributed by atoms with Crippen molar-refractivity contribution in [3.05, 3.63) is 33.8 Å². The zero-order chi connectivity index (χ0) is 27.4. The van der Waals surface area contributed by atoms with Gasteiger partial charge in [0.15, 0.2) is 10.6 Å². The number of amides is 2. The molecule has 0 unspecified atom stereocenters. The highest BCUT2D eigenvalue weighted by atomic mass is 32.1. The van der Waals surface area contributed by atoms with Crippen LogP contribution in [0, 0.1) is 12.3 Å². The van der Waals surface area contributed by atoms with E-state index >= 15 is 0 Å². The van der Waals surface area contributed by atoms with Gasteiger partial charge in [-0.05, 0) is 64.0 Å². The summed E-state index contributed by atoms with van der Waals surface area (Å²) in [7, 11) is 0. The Hall–Kier alpha value is -3.32. The number of nitrogens with one attached hydrogen (secondary N) is 1. The molecule has 2 aliphatic carbocycles. The van der Waals surface area contributed by atoms with Crippen molar-refractivity contribution in [2.75, 3.05) is 6.61 Å². The summed E-state index contributed by atoms with van der Waals surface area (Å²) in [4.78, 5) is 29.2. The molecule has 1 spiro atoms. The van der Waals surface area contributed by atoms with Crippen molar-refractivity contribution in [1.82, 2.24) is 20.1 Å². The van der Waals surface area contributed by atoms with E-state index in [-0.39, 0.29) is 52.4 Å². The molecule has 5 rings (SSSR count). The average molecular weight is 550 g/mol. The Labute approximate surface area is 221 Å². The third-order valence-corrected chi connectivity index (χ3v) is 7.86. The van der Waals surface area contributed by atoms with Crippen molar-refractivity contribution in [2.24, 2.45) is 11.1 Å². The summed E-state index contributed by atoms with van der Waals surface area (Å²) in [5.41, 5.74) is 4.33. The molecule has 0 bridgehead atoms. The van der Waals surface area contributed by atoms with Crippen LogP contribution in [0.1, 0.15) is 71.2 Å². The number of hydrogen-bond donors (Lipinski definition) is 3. The Morgan fingerprint density at radius 1 is 1.32 bits per heavy atom. The molecule has 2 aromatic heterocycles. The predicted molar refractivity (Wildman–Crippen MR) is 135 cm³/mol. The molecule has 0 atom stereocenters. The number of thiazole rings is 1. The molecule has 2 fully saturated rings. The first-order chi connectivity index (χ1) is 17.8. The molecule has 0 aliphatic heterocycles. The summed E-state index contributed by atoms with van der Waals surface area (Å²) in [6, 6.07) is 4.36. The zero-order valence-electron chi connectivity index (χ0n) is 21.2. The van der Waals surface area contributed by atoms with Crippen molar-refractivity contribution in [1.29, 1.82) is 0 Å². The lowest BCUT2D eigenvalue weighted by atomic mass is 9.53. The molecule has 2 amide bonds. The van der Waals surface area contributed by atoms with Gasteiger partial charge in [0.2, 0.25) is 5.88 Å². The summed E-state index contributed by atoms with van der Waals surface area (Å²) in [5, 5.41) is 17.6. The molecule has 1 aromatic carbocycles. The smallest absolute Gasteiger partial charge is 0.333 e. The summed E-state index contributed by atoms with van der Waals surface area (Å²) < 4.78 is 39.3. The first-order valence-electron chi connectivity index (χ1n) is 12.2. The van der Waals surface area contributed by atoms with E-state index in [1.807, 2.05) is 0 Å². The number of carbonyl (C=O) groups is 2. The van der Waals surface area contributed by atoms with Crippen LogP contribution in [0.5, 0.6) is 11.6 Å². The minimum absolute atomic E-state index is 0.0281. The largest absolute Gasteiger partial charge is 0.491 e. The van der Waals surface area contributed by atoms with Crippen LogP contribution in [0.15, 0.2) is 18.2 Å². The normalized spacial score (nSPS) is 22.8. The summed E-state index contributed by atoms with van der Waals surface area (Å²) in [5.74, 6) is -0.521. The number of primary amides is 1. The number of aromatic nitrogens is 3. The highest BCUT2D eigenvalue weighted by molar-refractivity contribution is 7.13. The highest BCUT2D eigenvalue weighted by Gasteiger charge is 2.54. The third-order valence-electron chi connectivity index (χ3n) is 6.89. The number of halogens is 2. The van der Waals surface area contributed by atoms with E-state index in [4.69, 9.17) is 15.2 Å². The number of aliphatic hydroxyl groups is 1. The molecular weight excluding hydrogens is 520 g/mol. The molecule has 2 aliphatic rings. The van der Waals surface area contributed by atoms with Gasteiger partial charge in [-0.15, -0.1) is 11.3 Å². The first kappa shape index (κ1) is 26.3. The Morgan fingerprint density at radius 2 is 2.03 bits per heavy atom. The van der Waals surface area contributed by atoms with E-state index in [1.165, 1.54) is 23.5 Å². The molecule has 2 heterocycles. The number of ether oxygens (including phenoxy) is 2. The molecule has 13 heteroatoms. The molecule has 0 saturated heterocycles. The van der Waals surface area contributed by atoms with Crippen LogP contribution in [0.25, 0.3) is 10.9 Å². The minimum Gasteiger partial charge on any atom is -0.491 e. The van der Waals surface area contributed by atoms with Crippen LogP contribution in [0.4, 0.5) is 8.78 Å². The number of nitrogens with two attached hydrogens (primary N) is 1. The first-order valence-corrected chi connectivity index (χ1v) is 13.0. The Kier molecular flexibility index (Phi) is 6.54. The van der Waals surface area contributed by atoms with E-state index < -0.39 is 24.0 Å². The molecular formula is C25H29F2N5O5S. The van der Waals surface area contributed by atoms with Gasteiger partial charge in [-0.1, -0.05) is 0 Å². The molecule has 38 heavy (non-hydrogen) atoms. The van der Waals surface area contributed by atoms with Crippen LogP contribution in [-0.4, -0.2) is 56.0 Å². The van der Waals surface area contributed by atoms with Crippen molar-refractivity contribution in [3.8, 4) is 11.6 Å². The zero-order valence-corrected chi connectivity index (χ0v) is 22.0. The number of benzene rings is 1. The predicted octanol–water partition coefficient (Wildman–Crippen LogP) is 3.56. The number of aryl methyl sites for hydroxylation is 1. The standard InChI is InChI=1S/C25H29F2N5O5S/c1-12-29-22(19(38-12)20(28)33)37-15-9-25(10-15)7-13(8-25)30-21(34)18-16-5-4-14(36-11-24(2,3)35)6-17(16)32(31-18)23(26)27/h4-6,13,15,23,35H,7-11H2,1-3H3,(H2,28,33)(H,30,34). The number of carbonyl (C=O) groups excluding carboxylic acids is 2. The van der Waals surface area contributed by atoms with Crippen LogP contribution in [-0.2, 0) is 0 Å². The van der Waals surface area contributed by atoms with Crippen LogP contribution in [0.3, 0.4) is 0 Å². The lowest BCUT2D eigenvalue weighted by Crippen LogP contribution is -2.58. The van der Waals surface area contributed by atoms with Gasteiger partial charge in [0, 0.05) is 17.5 Å². The second-order valence-corrected chi connectivity index (χ2v) is 12.0. The van der Waals surface area contributed by atoms with Crippen molar-refractivity contribution in [2.45, 2.75) is 70.8 Å². The van der Waals surface area contributed by atoms with E-state index in [0.29, 0.717) is 14.6 Å². The monoisotopic (exact) mass is 549 g/mol. The number of hydrogen-bond acceptors (Lipinski definition) is 8. The Morgan fingerprint density at radius 3 is 2.66 bits per heavy atom. The maximum absolute atomic E-state index is 13.7.